The molecule has 0 aliphatic carbocycles. The zero-order valence-electron chi connectivity index (χ0n) is 14.2. The van der Waals surface area contributed by atoms with Crippen LogP contribution in [-0.2, 0) is 0 Å². The predicted octanol–water partition coefficient (Wildman–Crippen LogP) is 4.50. The van der Waals surface area contributed by atoms with Crippen LogP contribution < -0.4 is 4.90 Å². The second-order valence-electron chi connectivity index (χ2n) is 6.62. The Balaban J connectivity index is 2.29. The van der Waals surface area contributed by atoms with Gasteiger partial charge in [-0.3, -0.25) is 9.59 Å². The van der Waals surface area contributed by atoms with Gasteiger partial charge < -0.3 is 4.90 Å². The van der Waals surface area contributed by atoms with E-state index < -0.39 is 0 Å². The lowest BCUT2D eigenvalue weighted by Crippen LogP contribution is -2.26. The van der Waals surface area contributed by atoms with Gasteiger partial charge >= 0.3 is 0 Å². The molecule has 1 aromatic rings. The first kappa shape index (κ1) is 16.7. The first-order chi connectivity index (χ1) is 10.4. The van der Waals surface area contributed by atoms with E-state index in [1.165, 1.54) is 39.5 Å². The standard InChI is InChI=1S/C19H27NO2/c1-5-9-19(6-2)10-11-20(13-19)16-7-8-17(14(3)21)18(12-16)15(4)22/h7-8,12H,5-6,9-11,13H2,1-4H3. The maximum Gasteiger partial charge on any atom is 0.160 e. The molecule has 3 nitrogen and oxygen atoms in total. The van der Waals surface area contributed by atoms with Crippen molar-refractivity contribution in [3.63, 3.8) is 0 Å². The third-order valence-electron chi connectivity index (χ3n) is 5.10. The van der Waals surface area contributed by atoms with E-state index in [-0.39, 0.29) is 11.6 Å². The second-order valence-corrected chi connectivity index (χ2v) is 6.62. The second kappa shape index (κ2) is 6.64. The molecule has 2 rings (SSSR count). The summed E-state index contributed by atoms with van der Waals surface area (Å²) in [7, 11) is 0. The SMILES string of the molecule is CCCC1(CC)CCN(c2ccc(C(C)=O)c(C(C)=O)c2)C1. The maximum absolute atomic E-state index is 11.9. The largest absolute Gasteiger partial charge is 0.371 e. The molecule has 1 heterocycles. The summed E-state index contributed by atoms with van der Waals surface area (Å²) in [5.41, 5.74) is 2.56. The third-order valence-corrected chi connectivity index (χ3v) is 5.10. The number of anilines is 1. The molecule has 0 spiro atoms. The van der Waals surface area contributed by atoms with Gasteiger partial charge in [-0.15, -0.1) is 0 Å². The number of hydrogen-bond donors (Lipinski definition) is 0. The first-order valence-corrected chi connectivity index (χ1v) is 8.33. The van der Waals surface area contributed by atoms with Crippen LogP contribution in [-0.4, -0.2) is 24.7 Å². The predicted molar refractivity (Wildman–Crippen MR) is 90.9 cm³/mol. The van der Waals surface area contributed by atoms with Crippen LogP contribution in [0.3, 0.4) is 0 Å². The zero-order chi connectivity index (χ0) is 16.3. The Kier molecular flexibility index (Phi) is 5.05. The van der Waals surface area contributed by atoms with E-state index in [1.807, 2.05) is 12.1 Å². The Morgan fingerprint density at radius 2 is 1.82 bits per heavy atom. The van der Waals surface area contributed by atoms with Crippen LogP contribution in [0.4, 0.5) is 5.69 Å². The Hall–Kier alpha value is -1.64. The van der Waals surface area contributed by atoms with Gasteiger partial charge in [-0.05, 0) is 56.7 Å². The van der Waals surface area contributed by atoms with E-state index in [0.29, 0.717) is 16.5 Å². The Morgan fingerprint density at radius 3 is 2.36 bits per heavy atom. The third kappa shape index (κ3) is 3.23. The minimum Gasteiger partial charge on any atom is -0.371 e. The summed E-state index contributed by atoms with van der Waals surface area (Å²) in [5, 5.41) is 0. The van der Waals surface area contributed by atoms with Gasteiger partial charge in [0.05, 0.1) is 0 Å². The number of ketones is 2. The fraction of sp³-hybridized carbons (Fsp3) is 0.579. The smallest absolute Gasteiger partial charge is 0.160 e. The molecule has 3 heteroatoms. The molecule has 1 atom stereocenters. The number of carbonyl (C=O) groups is 2. The molecule has 22 heavy (non-hydrogen) atoms. The van der Waals surface area contributed by atoms with Crippen LogP contribution in [0.5, 0.6) is 0 Å². The monoisotopic (exact) mass is 301 g/mol. The van der Waals surface area contributed by atoms with E-state index in [9.17, 15) is 9.59 Å². The van der Waals surface area contributed by atoms with E-state index >= 15 is 0 Å². The molecule has 1 unspecified atom stereocenters. The van der Waals surface area contributed by atoms with Crippen molar-refractivity contribution in [2.75, 3.05) is 18.0 Å². The summed E-state index contributed by atoms with van der Waals surface area (Å²) < 4.78 is 0. The molecule has 1 aliphatic rings. The van der Waals surface area contributed by atoms with Gasteiger partial charge in [-0.25, -0.2) is 0 Å². The molecule has 0 bridgehead atoms. The number of Topliss-reactive ketones (excluding diaryl/α,β-unsaturated/α-hetero) is 2. The van der Waals surface area contributed by atoms with Crippen LogP contribution >= 0.6 is 0 Å². The molecular formula is C19H27NO2. The molecule has 1 aromatic carbocycles. The van der Waals surface area contributed by atoms with E-state index in [2.05, 4.69) is 18.7 Å². The summed E-state index contributed by atoms with van der Waals surface area (Å²) in [6, 6.07) is 5.69. The van der Waals surface area contributed by atoms with Crippen LogP contribution in [0.15, 0.2) is 18.2 Å². The molecule has 1 aliphatic heterocycles. The normalized spacial score (nSPS) is 21.2. The van der Waals surface area contributed by atoms with Crippen molar-refractivity contribution in [3.8, 4) is 0 Å². The van der Waals surface area contributed by atoms with Gasteiger partial charge in [0.1, 0.15) is 0 Å². The molecule has 0 amide bonds. The molecule has 120 valence electrons. The van der Waals surface area contributed by atoms with Crippen molar-refractivity contribution in [1.29, 1.82) is 0 Å². The fourth-order valence-electron chi connectivity index (χ4n) is 3.68. The number of nitrogens with zero attached hydrogens (tertiary/aromatic N) is 1. The topological polar surface area (TPSA) is 37.4 Å². The van der Waals surface area contributed by atoms with Crippen LogP contribution in [0.25, 0.3) is 0 Å². The molecule has 1 fully saturated rings. The first-order valence-electron chi connectivity index (χ1n) is 8.33. The molecule has 0 aromatic heterocycles. The fourth-order valence-corrected chi connectivity index (χ4v) is 3.68. The Morgan fingerprint density at radius 1 is 1.14 bits per heavy atom. The number of rotatable bonds is 6. The average molecular weight is 301 g/mol. The van der Waals surface area contributed by atoms with Gasteiger partial charge in [0, 0.05) is 29.9 Å². The lowest BCUT2D eigenvalue weighted by Gasteiger charge is -2.28. The Labute approximate surface area is 133 Å². The maximum atomic E-state index is 11.9. The van der Waals surface area contributed by atoms with Gasteiger partial charge in [-0.1, -0.05) is 20.3 Å². The molecular weight excluding hydrogens is 274 g/mol. The van der Waals surface area contributed by atoms with Crippen LogP contribution in [0.1, 0.15) is 74.1 Å². The molecule has 1 saturated heterocycles. The quantitative estimate of drug-likeness (QED) is 0.726. The van der Waals surface area contributed by atoms with Crippen molar-refractivity contribution in [2.24, 2.45) is 5.41 Å². The van der Waals surface area contributed by atoms with Crippen LogP contribution in [0.2, 0.25) is 0 Å². The van der Waals surface area contributed by atoms with E-state index in [0.717, 1.165) is 18.8 Å². The molecule has 0 radical (unpaired) electrons. The molecule has 0 N–H and O–H groups in total. The van der Waals surface area contributed by atoms with Crippen molar-refractivity contribution < 1.29 is 9.59 Å². The minimum absolute atomic E-state index is 0.0402. The highest BCUT2D eigenvalue weighted by molar-refractivity contribution is 6.07. The average Bonchev–Trinajstić information content (AvgIpc) is 2.91. The zero-order valence-corrected chi connectivity index (χ0v) is 14.2. The van der Waals surface area contributed by atoms with Gasteiger partial charge in [-0.2, -0.15) is 0 Å². The van der Waals surface area contributed by atoms with E-state index in [4.69, 9.17) is 0 Å². The van der Waals surface area contributed by atoms with Crippen LogP contribution in [0, 0.1) is 5.41 Å². The minimum atomic E-state index is -0.0490. The molecule has 0 saturated carbocycles. The van der Waals surface area contributed by atoms with Gasteiger partial charge in [0.15, 0.2) is 11.6 Å². The number of hydrogen-bond acceptors (Lipinski definition) is 3. The van der Waals surface area contributed by atoms with Gasteiger partial charge in [0.25, 0.3) is 0 Å². The highest BCUT2D eigenvalue weighted by atomic mass is 16.1. The van der Waals surface area contributed by atoms with E-state index in [1.54, 1.807) is 6.07 Å². The summed E-state index contributed by atoms with van der Waals surface area (Å²) in [4.78, 5) is 25.9. The van der Waals surface area contributed by atoms with Crippen molar-refractivity contribution in [3.05, 3.63) is 29.3 Å². The van der Waals surface area contributed by atoms with Gasteiger partial charge in [0.2, 0.25) is 0 Å². The number of carbonyl (C=O) groups excluding carboxylic acids is 2. The van der Waals surface area contributed by atoms with Crippen molar-refractivity contribution in [1.82, 2.24) is 0 Å². The highest BCUT2D eigenvalue weighted by Crippen LogP contribution is 2.40. The van der Waals surface area contributed by atoms with Crippen molar-refractivity contribution >= 4 is 17.3 Å². The highest BCUT2D eigenvalue weighted by Gasteiger charge is 2.35. The number of benzene rings is 1. The summed E-state index contributed by atoms with van der Waals surface area (Å²) in [5.74, 6) is -0.0892. The summed E-state index contributed by atoms with van der Waals surface area (Å²) in [6.45, 7) is 9.65. The van der Waals surface area contributed by atoms with Crippen molar-refractivity contribution in [2.45, 2.75) is 53.4 Å². The summed E-state index contributed by atoms with van der Waals surface area (Å²) >= 11 is 0. The lowest BCUT2D eigenvalue weighted by atomic mass is 9.80. The summed E-state index contributed by atoms with van der Waals surface area (Å²) in [6.07, 6.45) is 4.87. The Bertz CT molecular complexity index is 579. The lowest BCUT2D eigenvalue weighted by molar-refractivity contribution is 0.0981.